The fourth-order valence-corrected chi connectivity index (χ4v) is 3.85. The van der Waals surface area contributed by atoms with Crippen molar-refractivity contribution in [3.05, 3.63) is 72.3 Å². The van der Waals surface area contributed by atoms with E-state index in [1.807, 2.05) is 66.7 Å². The lowest BCUT2D eigenvalue weighted by molar-refractivity contribution is -0.137. The zero-order valence-corrected chi connectivity index (χ0v) is 17.7. The largest absolute Gasteiger partial charge is 0.480 e. The standard InChI is InChI=1S/C26H19N3O4/c1-15(26(30)31)28-25-19-4-2-3-5-21(19)29-24(20(25)13-27)17-8-6-16(7-9-17)18-10-11-22-23(12-18)33-14-32-22/h2-12,15H,14H2,1H3,(H,28,29)(H,30,31). The third kappa shape index (κ3) is 3.68. The van der Waals surface area contributed by atoms with Gasteiger partial charge in [0.2, 0.25) is 6.79 Å². The van der Waals surface area contributed by atoms with Gasteiger partial charge < -0.3 is 19.9 Å². The minimum atomic E-state index is -1.01. The Labute approximate surface area is 189 Å². The Morgan fingerprint density at radius 2 is 1.73 bits per heavy atom. The van der Waals surface area contributed by atoms with Crippen LogP contribution in [0.2, 0.25) is 0 Å². The Balaban J connectivity index is 1.59. The highest BCUT2D eigenvalue weighted by Crippen LogP contribution is 2.37. The highest BCUT2D eigenvalue weighted by atomic mass is 16.7. The van der Waals surface area contributed by atoms with Crippen LogP contribution in [0.1, 0.15) is 12.5 Å². The fraction of sp³-hybridized carbons (Fsp3) is 0.115. The van der Waals surface area contributed by atoms with Crippen LogP contribution in [0.5, 0.6) is 11.5 Å². The van der Waals surface area contributed by atoms with Gasteiger partial charge in [0.25, 0.3) is 0 Å². The molecule has 5 rings (SSSR count). The van der Waals surface area contributed by atoms with Crippen molar-refractivity contribution in [2.45, 2.75) is 13.0 Å². The molecule has 4 aromatic rings. The molecule has 0 radical (unpaired) electrons. The second kappa shape index (κ2) is 8.17. The number of pyridine rings is 1. The molecule has 1 aromatic heterocycles. The van der Waals surface area contributed by atoms with Crippen molar-refractivity contribution in [1.82, 2.24) is 4.98 Å². The highest BCUT2D eigenvalue weighted by Gasteiger charge is 2.20. The second-order valence-electron chi connectivity index (χ2n) is 7.69. The zero-order chi connectivity index (χ0) is 22.9. The SMILES string of the molecule is CC(Nc1c(C#N)c(-c2ccc(-c3ccc4c(c3)OCO4)cc2)nc2ccccc12)C(=O)O. The van der Waals surface area contributed by atoms with Crippen LogP contribution in [0.3, 0.4) is 0 Å². The van der Waals surface area contributed by atoms with E-state index in [0.717, 1.165) is 22.4 Å². The summed E-state index contributed by atoms with van der Waals surface area (Å²) in [7, 11) is 0. The molecule has 0 saturated heterocycles. The highest BCUT2D eigenvalue weighted by molar-refractivity contribution is 5.99. The Hall–Kier alpha value is -4.57. The van der Waals surface area contributed by atoms with Crippen LogP contribution in [0, 0.1) is 11.3 Å². The summed E-state index contributed by atoms with van der Waals surface area (Å²) in [6.45, 7) is 1.76. The van der Waals surface area contributed by atoms with Crippen LogP contribution in [0.4, 0.5) is 5.69 Å². The van der Waals surface area contributed by atoms with E-state index in [1.54, 1.807) is 6.92 Å². The molecule has 1 atom stereocenters. The van der Waals surface area contributed by atoms with Gasteiger partial charge >= 0.3 is 5.97 Å². The van der Waals surface area contributed by atoms with E-state index in [2.05, 4.69) is 11.4 Å². The number of nitrogens with zero attached hydrogens (tertiary/aromatic N) is 2. The van der Waals surface area contributed by atoms with Gasteiger partial charge in [-0.1, -0.05) is 48.5 Å². The number of ether oxygens (including phenoxy) is 2. The van der Waals surface area contributed by atoms with E-state index >= 15 is 0 Å². The van der Waals surface area contributed by atoms with Crippen molar-refractivity contribution in [2.24, 2.45) is 0 Å². The lowest BCUT2D eigenvalue weighted by Gasteiger charge is -2.17. The molecular formula is C26H19N3O4. The van der Waals surface area contributed by atoms with E-state index in [-0.39, 0.29) is 6.79 Å². The van der Waals surface area contributed by atoms with Crippen molar-refractivity contribution in [3.63, 3.8) is 0 Å². The summed E-state index contributed by atoms with van der Waals surface area (Å²) in [5.41, 5.74) is 4.66. The van der Waals surface area contributed by atoms with Gasteiger partial charge in [-0.05, 0) is 36.2 Å². The van der Waals surface area contributed by atoms with Crippen LogP contribution in [-0.2, 0) is 4.79 Å². The molecule has 7 nitrogen and oxygen atoms in total. The molecule has 1 unspecified atom stereocenters. The lowest BCUT2D eigenvalue weighted by Crippen LogP contribution is -2.26. The van der Waals surface area contributed by atoms with Gasteiger partial charge in [-0.15, -0.1) is 0 Å². The van der Waals surface area contributed by atoms with Crippen LogP contribution in [0.25, 0.3) is 33.3 Å². The maximum atomic E-state index is 11.5. The third-order valence-electron chi connectivity index (χ3n) is 5.60. The number of aromatic nitrogens is 1. The molecular weight excluding hydrogens is 418 g/mol. The summed E-state index contributed by atoms with van der Waals surface area (Å²) < 4.78 is 10.8. The molecule has 1 aliphatic heterocycles. The average Bonchev–Trinajstić information content (AvgIpc) is 3.32. The van der Waals surface area contributed by atoms with Crippen LogP contribution >= 0.6 is 0 Å². The molecule has 0 amide bonds. The quantitative estimate of drug-likeness (QED) is 0.450. The summed E-state index contributed by atoms with van der Waals surface area (Å²) in [6, 6.07) is 22.2. The van der Waals surface area contributed by atoms with E-state index < -0.39 is 12.0 Å². The Kier molecular flexibility index (Phi) is 5.04. The Morgan fingerprint density at radius 1 is 1.03 bits per heavy atom. The van der Waals surface area contributed by atoms with Crippen LogP contribution in [-0.4, -0.2) is 28.9 Å². The number of carboxylic acid groups (broad SMARTS) is 1. The first kappa shape index (κ1) is 20.3. The van der Waals surface area contributed by atoms with Gasteiger partial charge in [0.05, 0.1) is 16.9 Å². The van der Waals surface area contributed by atoms with Crippen molar-refractivity contribution in [1.29, 1.82) is 5.26 Å². The van der Waals surface area contributed by atoms with E-state index in [4.69, 9.17) is 14.5 Å². The molecule has 3 aromatic carbocycles. The number of nitrogens with one attached hydrogen (secondary N) is 1. The number of hydrogen-bond donors (Lipinski definition) is 2. The van der Waals surface area contributed by atoms with E-state index in [0.29, 0.717) is 33.6 Å². The number of carbonyl (C=O) groups is 1. The number of nitriles is 1. The first-order valence-corrected chi connectivity index (χ1v) is 10.4. The van der Waals surface area contributed by atoms with Crippen LogP contribution in [0.15, 0.2) is 66.7 Å². The molecule has 0 spiro atoms. The maximum absolute atomic E-state index is 11.5. The van der Waals surface area contributed by atoms with Gasteiger partial charge in [0, 0.05) is 10.9 Å². The van der Waals surface area contributed by atoms with Crippen molar-refractivity contribution < 1.29 is 19.4 Å². The molecule has 0 saturated carbocycles. The minimum absolute atomic E-state index is 0.221. The maximum Gasteiger partial charge on any atom is 0.325 e. The lowest BCUT2D eigenvalue weighted by atomic mass is 9.98. The third-order valence-corrected chi connectivity index (χ3v) is 5.60. The smallest absolute Gasteiger partial charge is 0.325 e. The van der Waals surface area contributed by atoms with Crippen molar-refractivity contribution in [2.75, 3.05) is 12.1 Å². The molecule has 33 heavy (non-hydrogen) atoms. The summed E-state index contributed by atoms with van der Waals surface area (Å²) in [5.74, 6) is 0.433. The molecule has 162 valence electrons. The topological polar surface area (TPSA) is 104 Å². The number of para-hydroxylation sites is 1. The summed E-state index contributed by atoms with van der Waals surface area (Å²) >= 11 is 0. The minimum Gasteiger partial charge on any atom is -0.480 e. The predicted molar refractivity (Wildman–Crippen MR) is 124 cm³/mol. The molecule has 0 aliphatic carbocycles. The number of carboxylic acids is 1. The summed E-state index contributed by atoms with van der Waals surface area (Å²) in [6.07, 6.45) is 0. The van der Waals surface area contributed by atoms with E-state index in [9.17, 15) is 15.2 Å². The van der Waals surface area contributed by atoms with Gasteiger partial charge in [-0.3, -0.25) is 4.79 Å². The monoisotopic (exact) mass is 437 g/mol. The summed E-state index contributed by atoms with van der Waals surface area (Å²) in [4.78, 5) is 16.2. The van der Waals surface area contributed by atoms with Crippen LogP contribution < -0.4 is 14.8 Å². The van der Waals surface area contributed by atoms with Gasteiger partial charge in [-0.25, -0.2) is 4.98 Å². The number of rotatable bonds is 5. The first-order chi connectivity index (χ1) is 16.0. The number of fused-ring (bicyclic) bond motifs is 2. The molecule has 1 aliphatic rings. The molecule has 2 N–H and O–H groups in total. The fourth-order valence-electron chi connectivity index (χ4n) is 3.85. The first-order valence-electron chi connectivity index (χ1n) is 10.4. The van der Waals surface area contributed by atoms with Crippen molar-refractivity contribution >= 4 is 22.6 Å². The molecule has 2 heterocycles. The normalized spacial score (nSPS) is 12.8. The molecule has 7 heteroatoms. The van der Waals surface area contributed by atoms with Gasteiger partial charge in [0.1, 0.15) is 17.7 Å². The molecule has 0 fully saturated rings. The van der Waals surface area contributed by atoms with E-state index in [1.165, 1.54) is 0 Å². The Bertz CT molecular complexity index is 1420. The predicted octanol–water partition coefficient (Wildman–Crippen LogP) is 5.05. The van der Waals surface area contributed by atoms with Gasteiger partial charge in [-0.2, -0.15) is 5.26 Å². The number of anilines is 1. The number of aliphatic carboxylic acids is 1. The summed E-state index contributed by atoms with van der Waals surface area (Å²) in [5, 5.41) is 23.1. The van der Waals surface area contributed by atoms with Crippen molar-refractivity contribution in [3.8, 4) is 40.0 Å². The second-order valence-corrected chi connectivity index (χ2v) is 7.69. The number of hydrogen-bond acceptors (Lipinski definition) is 6. The Morgan fingerprint density at radius 3 is 2.48 bits per heavy atom. The molecule has 0 bridgehead atoms. The average molecular weight is 437 g/mol. The van der Waals surface area contributed by atoms with Gasteiger partial charge in [0.15, 0.2) is 11.5 Å². The number of benzene rings is 3. The zero-order valence-electron chi connectivity index (χ0n) is 17.7.